The standard InChI is InChI=1S/C26H20BrFN2O5/c1-2-34-21-9-7-20(8-10-21)30-25(32)22(24(31)29-26(30)33)14-17-13-18(27)6-11-23(17)35-15-16-4-3-5-19(28)12-16/h3-14H,2,15H2,1H3,(H,29,31,33)/b22-14+. The number of hydrogen-bond donors (Lipinski definition) is 1. The summed E-state index contributed by atoms with van der Waals surface area (Å²) in [6.07, 6.45) is 1.36. The van der Waals surface area contributed by atoms with Gasteiger partial charge in [-0.3, -0.25) is 14.9 Å². The first-order valence-corrected chi connectivity index (χ1v) is 11.5. The predicted octanol–water partition coefficient (Wildman–Crippen LogP) is 5.23. The lowest BCUT2D eigenvalue weighted by Crippen LogP contribution is -2.54. The molecule has 3 aromatic carbocycles. The van der Waals surface area contributed by atoms with Crippen LogP contribution in [-0.2, 0) is 16.2 Å². The molecule has 0 spiro atoms. The van der Waals surface area contributed by atoms with Gasteiger partial charge in [0.15, 0.2) is 0 Å². The summed E-state index contributed by atoms with van der Waals surface area (Å²) in [5, 5.41) is 2.20. The van der Waals surface area contributed by atoms with Crippen molar-refractivity contribution in [2.45, 2.75) is 13.5 Å². The summed E-state index contributed by atoms with van der Waals surface area (Å²) in [7, 11) is 0. The molecule has 7 nitrogen and oxygen atoms in total. The molecule has 0 radical (unpaired) electrons. The number of imide groups is 2. The highest BCUT2D eigenvalue weighted by Crippen LogP contribution is 2.29. The Morgan fingerprint density at radius 1 is 1.00 bits per heavy atom. The zero-order chi connectivity index (χ0) is 24.9. The normalized spacial score (nSPS) is 14.8. The molecule has 1 heterocycles. The minimum absolute atomic E-state index is 0.0759. The molecule has 0 bridgehead atoms. The number of carbonyl (C=O) groups excluding carboxylic acids is 3. The molecule has 0 aliphatic carbocycles. The summed E-state index contributed by atoms with van der Waals surface area (Å²) in [5.74, 6) is -1.03. The molecule has 1 aliphatic heterocycles. The molecular weight excluding hydrogens is 519 g/mol. The van der Waals surface area contributed by atoms with Crippen molar-refractivity contribution < 1.29 is 28.2 Å². The molecule has 1 N–H and O–H groups in total. The Hall–Kier alpha value is -3.98. The van der Waals surface area contributed by atoms with E-state index in [1.165, 1.54) is 18.2 Å². The van der Waals surface area contributed by atoms with Crippen LogP contribution in [0.4, 0.5) is 14.9 Å². The van der Waals surface area contributed by atoms with Gasteiger partial charge in [-0.15, -0.1) is 0 Å². The number of benzene rings is 3. The third-order valence-electron chi connectivity index (χ3n) is 5.06. The van der Waals surface area contributed by atoms with Crippen molar-refractivity contribution in [1.29, 1.82) is 0 Å². The summed E-state index contributed by atoms with van der Waals surface area (Å²) < 4.78 is 25.4. The van der Waals surface area contributed by atoms with Gasteiger partial charge in [0.2, 0.25) is 0 Å². The van der Waals surface area contributed by atoms with Gasteiger partial charge in [0, 0.05) is 10.0 Å². The van der Waals surface area contributed by atoms with Gasteiger partial charge in [-0.05, 0) is 73.2 Å². The second kappa shape index (κ2) is 10.5. The Bertz CT molecular complexity index is 1320. The van der Waals surface area contributed by atoms with E-state index in [9.17, 15) is 18.8 Å². The van der Waals surface area contributed by atoms with E-state index in [4.69, 9.17) is 9.47 Å². The molecule has 1 aliphatic rings. The van der Waals surface area contributed by atoms with E-state index in [-0.39, 0.29) is 23.7 Å². The molecule has 4 rings (SSSR count). The van der Waals surface area contributed by atoms with Crippen molar-refractivity contribution in [2.24, 2.45) is 0 Å². The maximum Gasteiger partial charge on any atom is 0.335 e. The largest absolute Gasteiger partial charge is 0.494 e. The number of nitrogens with zero attached hydrogens (tertiary/aromatic N) is 1. The average Bonchev–Trinajstić information content (AvgIpc) is 2.82. The summed E-state index contributed by atoms with van der Waals surface area (Å²) in [4.78, 5) is 39.2. The topological polar surface area (TPSA) is 84.9 Å². The Labute approximate surface area is 209 Å². The van der Waals surface area contributed by atoms with E-state index < -0.39 is 17.8 Å². The molecule has 3 aromatic rings. The summed E-state index contributed by atoms with van der Waals surface area (Å²) >= 11 is 3.38. The number of halogens is 2. The van der Waals surface area contributed by atoms with E-state index in [1.807, 2.05) is 6.92 Å². The lowest BCUT2D eigenvalue weighted by molar-refractivity contribution is -0.122. The van der Waals surface area contributed by atoms with E-state index in [0.29, 0.717) is 33.7 Å². The second-order valence-corrected chi connectivity index (χ2v) is 8.40. The number of nitrogens with one attached hydrogen (secondary N) is 1. The lowest BCUT2D eigenvalue weighted by Gasteiger charge is -2.26. The SMILES string of the molecule is CCOc1ccc(N2C(=O)NC(=O)/C(=C\c3cc(Br)ccc3OCc3cccc(F)c3)C2=O)cc1. The van der Waals surface area contributed by atoms with Gasteiger partial charge in [-0.2, -0.15) is 0 Å². The van der Waals surface area contributed by atoms with Gasteiger partial charge in [-0.1, -0.05) is 28.1 Å². The molecule has 35 heavy (non-hydrogen) atoms. The first-order chi connectivity index (χ1) is 16.9. The summed E-state index contributed by atoms with van der Waals surface area (Å²) in [6, 6.07) is 16.6. The molecule has 0 saturated carbocycles. The van der Waals surface area contributed by atoms with Crippen molar-refractivity contribution in [2.75, 3.05) is 11.5 Å². The zero-order valence-corrected chi connectivity index (χ0v) is 20.2. The van der Waals surface area contributed by atoms with Crippen LogP contribution in [0.2, 0.25) is 0 Å². The number of hydrogen-bond acceptors (Lipinski definition) is 5. The second-order valence-electron chi connectivity index (χ2n) is 7.49. The quantitative estimate of drug-likeness (QED) is 0.328. The highest BCUT2D eigenvalue weighted by atomic mass is 79.9. The van der Waals surface area contributed by atoms with Crippen LogP contribution in [-0.4, -0.2) is 24.5 Å². The minimum atomic E-state index is -0.849. The number of rotatable bonds is 7. The average molecular weight is 539 g/mol. The fraction of sp³-hybridized carbons (Fsp3) is 0.115. The summed E-state index contributed by atoms with van der Waals surface area (Å²) in [6.45, 7) is 2.39. The molecule has 0 atom stereocenters. The van der Waals surface area contributed by atoms with E-state index in [1.54, 1.807) is 54.6 Å². The van der Waals surface area contributed by atoms with Crippen LogP contribution < -0.4 is 19.7 Å². The van der Waals surface area contributed by atoms with Crippen molar-refractivity contribution in [3.63, 3.8) is 0 Å². The van der Waals surface area contributed by atoms with Crippen molar-refractivity contribution in [1.82, 2.24) is 5.32 Å². The predicted molar refractivity (Wildman–Crippen MR) is 131 cm³/mol. The monoisotopic (exact) mass is 538 g/mol. The number of carbonyl (C=O) groups is 3. The van der Waals surface area contributed by atoms with Gasteiger partial charge in [-0.25, -0.2) is 14.1 Å². The van der Waals surface area contributed by atoms with Gasteiger partial charge in [0.1, 0.15) is 29.5 Å². The molecule has 178 valence electrons. The fourth-order valence-electron chi connectivity index (χ4n) is 3.46. The van der Waals surface area contributed by atoms with Crippen molar-refractivity contribution in [3.05, 3.63) is 93.7 Å². The number of ether oxygens (including phenoxy) is 2. The fourth-order valence-corrected chi connectivity index (χ4v) is 3.84. The lowest BCUT2D eigenvalue weighted by atomic mass is 10.1. The molecule has 1 saturated heterocycles. The number of barbiturate groups is 1. The molecule has 0 unspecified atom stereocenters. The van der Waals surface area contributed by atoms with Crippen LogP contribution in [0.5, 0.6) is 11.5 Å². The summed E-state index contributed by atoms with van der Waals surface area (Å²) in [5.41, 5.74) is 1.08. The van der Waals surface area contributed by atoms with Gasteiger partial charge in [0.25, 0.3) is 11.8 Å². The maximum atomic E-state index is 13.5. The van der Waals surface area contributed by atoms with Gasteiger partial charge < -0.3 is 9.47 Å². The van der Waals surface area contributed by atoms with E-state index >= 15 is 0 Å². The zero-order valence-electron chi connectivity index (χ0n) is 18.6. The van der Waals surface area contributed by atoms with E-state index in [0.717, 1.165) is 4.90 Å². The van der Waals surface area contributed by atoms with Crippen LogP contribution in [0.1, 0.15) is 18.1 Å². The first kappa shape index (κ1) is 24.2. The van der Waals surface area contributed by atoms with Gasteiger partial charge >= 0.3 is 6.03 Å². The highest BCUT2D eigenvalue weighted by Gasteiger charge is 2.37. The third-order valence-corrected chi connectivity index (χ3v) is 5.56. The molecular formula is C26H20BrFN2O5. The Balaban J connectivity index is 1.64. The van der Waals surface area contributed by atoms with E-state index in [2.05, 4.69) is 21.2 Å². The molecule has 1 fully saturated rings. The third kappa shape index (κ3) is 5.58. The highest BCUT2D eigenvalue weighted by molar-refractivity contribution is 9.10. The molecule has 0 aromatic heterocycles. The Morgan fingerprint density at radius 3 is 2.49 bits per heavy atom. The molecule has 4 amide bonds. The number of anilines is 1. The van der Waals surface area contributed by atoms with Crippen LogP contribution in [0.15, 0.2) is 76.8 Å². The molecule has 9 heteroatoms. The van der Waals surface area contributed by atoms with Crippen molar-refractivity contribution >= 4 is 45.5 Å². The Kier molecular flexibility index (Phi) is 7.26. The van der Waals surface area contributed by atoms with Crippen LogP contribution in [0, 0.1) is 5.82 Å². The van der Waals surface area contributed by atoms with Gasteiger partial charge in [0.05, 0.1) is 12.3 Å². The first-order valence-electron chi connectivity index (χ1n) is 10.7. The number of amides is 4. The van der Waals surface area contributed by atoms with Crippen LogP contribution in [0.25, 0.3) is 6.08 Å². The minimum Gasteiger partial charge on any atom is -0.494 e. The Morgan fingerprint density at radius 2 is 1.77 bits per heavy atom. The maximum absolute atomic E-state index is 13.5. The van der Waals surface area contributed by atoms with Crippen molar-refractivity contribution in [3.8, 4) is 11.5 Å². The van der Waals surface area contributed by atoms with Crippen LogP contribution in [0.3, 0.4) is 0 Å². The number of urea groups is 1. The van der Waals surface area contributed by atoms with Crippen LogP contribution >= 0.6 is 15.9 Å². The smallest absolute Gasteiger partial charge is 0.335 e.